The van der Waals surface area contributed by atoms with Crippen LogP contribution in [0.5, 0.6) is 0 Å². The fourth-order valence-corrected chi connectivity index (χ4v) is 3.33. The third kappa shape index (κ3) is 2.80. The van der Waals surface area contributed by atoms with Gasteiger partial charge in [0.25, 0.3) is 0 Å². The number of aliphatic imine (C=N–C) groups is 1. The fraction of sp³-hybridized carbons (Fsp3) is 0.429. The topological polar surface area (TPSA) is 81.5 Å². The predicted molar refractivity (Wildman–Crippen MR) is 80.4 cm³/mol. The van der Waals surface area contributed by atoms with Crippen LogP contribution in [-0.4, -0.2) is 22.7 Å². The molecule has 6 heteroatoms. The standard InChI is InChI=1S/C14H18FN3OS/c1-8-12(16)18-14(2,5-6-20-8)10-7-9(13(17)19)3-4-11(10)15/h3-4,7-8H,5-6H2,1-2H3,(H2,16,18)(H2,17,19). The third-order valence-corrected chi connectivity index (χ3v) is 4.76. The molecule has 4 N–H and O–H groups in total. The maximum absolute atomic E-state index is 14.2. The number of nitrogens with zero attached hydrogens (tertiary/aromatic N) is 1. The van der Waals surface area contributed by atoms with Gasteiger partial charge in [-0.25, -0.2) is 4.39 Å². The maximum Gasteiger partial charge on any atom is 0.248 e. The van der Waals surface area contributed by atoms with Crippen LogP contribution in [-0.2, 0) is 5.54 Å². The van der Waals surface area contributed by atoms with Gasteiger partial charge in [-0.3, -0.25) is 9.79 Å². The van der Waals surface area contributed by atoms with Gasteiger partial charge in [0, 0.05) is 11.1 Å². The molecule has 1 amide bonds. The van der Waals surface area contributed by atoms with Gasteiger partial charge in [-0.15, -0.1) is 0 Å². The van der Waals surface area contributed by atoms with Crippen molar-refractivity contribution in [1.82, 2.24) is 0 Å². The van der Waals surface area contributed by atoms with Crippen molar-refractivity contribution < 1.29 is 9.18 Å². The zero-order chi connectivity index (χ0) is 14.9. The van der Waals surface area contributed by atoms with E-state index in [9.17, 15) is 9.18 Å². The summed E-state index contributed by atoms with van der Waals surface area (Å²) >= 11 is 1.69. The van der Waals surface area contributed by atoms with Crippen molar-refractivity contribution in [2.75, 3.05) is 5.75 Å². The molecule has 1 aliphatic rings. The van der Waals surface area contributed by atoms with E-state index in [1.165, 1.54) is 18.2 Å². The predicted octanol–water partition coefficient (Wildman–Crippen LogP) is 2.02. The lowest BCUT2D eigenvalue weighted by Crippen LogP contribution is -2.28. The number of hydrogen-bond acceptors (Lipinski definition) is 4. The van der Waals surface area contributed by atoms with Gasteiger partial charge < -0.3 is 11.5 Å². The first kappa shape index (κ1) is 14.8. The Hall–Kier alpha value is -1.56. The highest BCUT2D eigenvalue weighted by Gasteiger charge is 2.32. The molecule has 0 saturated carbocycles. The number of primary amides is 1. The highest BCUT2D eigenvalue weighted by molar-refractivity contribution is 8.00. The van der Waals surface area contributed by atoms with Gasteiger partial charge in [0.2, 0.25) is 5.91 Å². The third-order valence-electron chi connectivity index (χ3n) is 3.58. The van der Waals surface area contributed by atoms with Crippen LogP contribution in [0.2, 0.25) is 0 Å². The molecule has 2 atom stereocenters. The van der Waals surface area contributed by atoms with Gasteiger partial charge in [0.15, 0.2) is 0 Å². The molecule has 0 bridgehead atoms. The van der Waals surface area contributed by atoms with E-state index < -0.39 is 17.3 Å². The van der Waals surface area contributed by atoms with Crippen LogP contribution in [0.15, 0.2) is 23.2 Å². The van der Waals surface area contributed by atoms with E-state index >= 15 is 0 Å². The zero-order valence-corrected chi connectivity index (χ0v) is 12.3. The Morgan fingerprint density at radius 2 is 2.25 bits per heavy atom. The molecule has 4 nitrogen and oxygen atoms in total. The summed E-state index contributed by atoms with van der Waals surface area (Å²) in [6.07, 6.45) is 0.655. The average Bonchev–Trinajstić information content (AvgIpc) is 2.50. The smallest absolute Gasteiger partial charge is 0.248 e. The molecule has 0 radical (unpaired) electrons. The van der Waals surface area contributed by atoms with E-state index in [-0.39, 0.29) is 10.8 Å². The lowest BCUT2D eigenvalue weighted by atomic mass is 9.88. The monoisotopic (exact) mass is 295 g/mol. The number of thioether (sulfide) groups is 1. The zero-order valence-electron chi connectivity index (χ0n) is 11.5. The number of nitrogens with two attached hydrogens (primary N) is 2. The summed E-state index contributed by atoms with van der Waals surface area (Å²) in [7, 11) is 0. The highest BCUT2D eigenvalue weighted by Crippen LogP contribution is 2.36. The Kier molecular flexibility index (Phi) is 4.04. The summed E-state index contributed by atoms with van der Waals surface area (Å²) in [6.45, 7) is 3.81. The quantitative estimate of drug-likeness (QED) is 0.876. The minimum Gasteiger partial charge on any atom is -0.387 e. The first-order valence-electron chi connectivity index (χ1n) is 6.40. The highest BCUT2D eigenvalue weighted by atomic mass is 32.2. The summed E-state index contributed by atoms with van der Waals surface area (Å²) in [4.78, 5) is 15.8. The number of amidine groups is 1. The van der Waals surface area contributed by atoms with E-state index in [4.69, 9.17) is 11.5 Å². The first-order chi connectivity index (χ1) is 9.33. The van der Waals surface area contributed by atoms with E-state index in [1.54, 1.807) is 11.8 Å². The number of benzene rings is 1. The van der Waals surface area contributed by atoms with E-state index in [0.717, 1.165) is 5.75 Å². The number of amides is 1. The normalized spacial score (nSPS) is 26.8. The average molecular weight is 295 g/mol. The fourth-order valence-electron chi connectivity index (χ4n) is 2.24. The molecule has 0 aromatic heterocycles. The largest absolute Gasteiger partial charge is 0.387 e. The van der Waals surface area contributed by atoms with Crippen LogP contribution in [0.4, 0.5) is 4.39 Å². The Morgan fingerprint density at radius 3 is 2.90 bits per heavy atom. The number of carbonyl (C=O) groups is 1. The lowest BCUT2D eigenvalue weighted by Gasteiger charge is -2.25. The molecule has 2 rings (SSSR count). The molecule has 1 aliphatic heterocycles. The van der Waals surface area contributed by atoms with E-state index in [0.29, 0.717) is 17.8 Å². The molecular formula is C14H18FN3OS. The van der Waals surface area contributed by atoms with Crippen LogP contribution in [0.3, 0.4) is 0 Å². The summed E-state index contributed by atoms with van der Waals surface area (Å²) in [5.74, 6) is 0.345. The Bertz CT molecular complexity index is 576. The Labute approximate surface area is 121 Å². The van der Waals surface area contributed by atoms with Gasteiger partial charge in [-0.05, 0) is 44.2 Å². The van der Waals surface area contributed by atoms with Crippen molar-refractivity contribution in [3.8, 4) is 0 Å². The summed E-state index contributed by atoms with van der Waals surface area (Å²) in [6, 6.07) is 4.12. The second kappa shape index (κ2) is 5.44. The summed E-state index contributed by atoms with van der Waals surface area (Å²) < 4.78 is 14.2. The molecule has 108 valence electrons. The number of carbonyl (C=O) groups excluding carboxylic acids is 1. The Balaban J connectivity index is 2.53. The van der Waals surface area contributed by atoms with Crippen molar-refractivity contribution in [1.29, 1.82) is 0 Å². The van der Waals surface area contributed by atoms with Gasteiger partial charge >= 0.3 is 0 Å². The minimum absolute atomic E-state index is 0.110. The summed E-state index contributed by atoms with van der Waals surface area (Å²) in [5.41, 5.74) is 11.1. The molecule has 20 heavy (non-hydrogen) atoms. The minimum atomic E-state index is -0.766. The molecule has 1 heterocycles. The number of rotatable bonds is 2. The molecule has 1 aromatic rings. The second-order valence-corrected chi connectivity index (χ2v) is 6.58. The summed E-state index contributed by atoms with van der Waals surface area (Å²) in [5, 5.41) is 0.110. The molecule has 0 saturated heterocycles. The van der Waals surface area contributed by atoms with Crippen LogP contribution in [0, 0.1) is 5.82 Å². The molecule has 0 fully saturated rings. The van der Waals surface area contributed by atoms with Crippen molar-refractivity contribution in [3.63, 3.8) is 0 Å². The van der Waals surface area contributed by atoms with Crippen molar-refractivity contribution >= 4 is 23.5 Å². The molecule has 0 spiro atoms. The first-order valence-corrected chi connectivity index (χ1v) is 7.45. The molecule has 0 aliphatic carbocycles. The van der Waals surface area contributed by atoms with Gasteiger partial charge in [-0.2, -0.15) is 11.8 Å². The van der Waals surface area contributed by atoms with Crippen LogP contribution < -0.4 is 11.5 Å². The van der Waals surface area contributed by atoms with Crippen molar-refractivity contribution in [3.05, 3.63) is 35.1 Å². The molecular weight excluding hydrogens is 277 g/mol. The van der Waals surface area contributed by atoms with E-state index in [1.807, 2.05) is 13.8 Å². The molecule has 2 unspecified atom stereocenters. The van der Waals surface area contributed by atoms with Gasteiger partial charge in [-0.1, -0.05) is 0 Å². The van der Waals surface area contributed by atoms with Gasteiger partial charge in [0.05, 0.1) is 10.8 Å². The van der Waals surface area contributed by atoms with Crippen molar-refractivity contribution in [2.45, 2.75) is 31.1 Å². The number of hydrogen-bond donors (Lipinski definition) is 2. The number of halogens is 1. The van der Waals surface area contributed by atoms with Crippen LogP contribution >= 0.6 is 11.8 Å². The maximum atomic E-state index is 14.2. The Morgan fingerprint density at radius 1 is 1.55 bits per heavy atom. The lowest BCUT2D eigenvalue weighted by molar-refractivity contribution is 0.1000. The van der Waals surface area contributed by atoms with Crippen LogP contribution in [0.25, 0.3) is 0 Å². The molecule has 1 aromatic carbocycles. The van der Waals surface area contributed by atoms with Crippen molar-refractivity contribution in [2.24, 2.45) is 16.5 Å². The van der Waals surface area contributed by atoms with Gasteiger partial charge in [0.1, 0.15) is 11.7 Å². The van der Waals surface area contributed by atoms with E-state index in [2.05, 4.69) is 4.99 Å². The second-order valence-electron chi connectivity index (χ2n) is 5.13. The van der Waals surface area contributed by atoms with Crippen LogP contribution in [0.1, 0.15) is 36.2 Å². The SMILES string of the molecule is CC1SCCC(C)(c2cc(C(N)=O)ccc2F)N=C1N.